The molecule has 0 radical (unpaired) electrons. The minimum absolute atomic E-state index is 0.0568. The molecule has 0 fully saturated rings. The smallest absolute Gasteiger partial charge is 0.224 e. The zero-order chi connectivity index (χ0) is 15.3. The van der Waals surface area contributed by atoms with Gasteiger partial charge in [0, 0.05) is 6.54 Å². The quantitative estimate of drug-likeness (QED) is 0.762. The maximum Gasteiger partial charge on any atom is 0.224 e. The van der Waals surface area contributed by atoms with E-state index in [0.717, 1.165) is 11.8 Å². The molecular formula is C15H19FN4O. The van der Waals surface area contributed by atoms with Crippen LogP contribution in [0.3, 0.4) is 0 Å². The number of halogens is 1. The van der Waals surface area contributed by atoms with Crippen LogP contribution < -0.4 is 10.6 Å². The molecule has 1 unspecified atom stereocenters. The van der Waals surface area contributed by atoms with Gasteiger partial charge in [0.15, 0.2) is 11.6 Å². The lowest BCUT2D eigenvalue weighted by Crippen LogP contribution is -2.36. The second kappa shape index (κ2) is 6.49. The summed E-state index contributed by atoms with van der Waals surface area (Å²) in [4.78, 5) is 7.96. The SMILES string of the molecule is CCNc1ncc(F)c(NC(C)(CO)c2ccccc2)n1. The Morgan fingerprint density at radius 2 is 2.00 bits per heavy atom. The first-order valence-electron chi connectivity index (χ1n) is 6.80. The molecule has 21 heavy (non-hydrogen) atoms. The Hall–Kier alpha value is -2.21. The third-order valence-electron chi connectivity index (χ3n) is 3.20. The van der Waals surface area contributed by atoms with Crippen molar-refractivity contribution in [1.29, 1.82) is 0 Å². The molecule has 1 aromatic carbocycles. The van der Waals surface area contributed by atoms with E-state index in [1.807, 2.05) is 37.3 Å². The average molecular weight is 290 g/mol. The van der Waals surface area contributed by atoms with E-state index < -0.39 is 11.4 Å². The number of hydrogen-bond acceptors (Lipinski definition) is 5. The Balaban J connectivity index is 2.32. The summed E-state index contributed by atoms with van der Waals surface area (Å²) < 4.78 is 13.9. The summed E-state index contributed by atoms with van der Waals surface area (Å²) in [6.07, 6.45) is 1.11. The van der Waals surface area contributed by atoms with Gasteiger partial charge in [-0.2, -0.15) is 4.98 Å². The van der Waals surface area contributed by atoms with Crippen LogP contribution in [-0.2, 0) is 5.54 Å². The van der Waals surface area contributed by atoms with Crippen LogP contribution in [0.4, 0.5) is 16.2 Å². The maximum absolute atomic E-state index is 13.9. The predicted molar refractivity (Wildman–Crippen MR) is 80.7 cm³/mol. The molecule has 1 heterocycles. The van der Waals surface area contributed by atoms with Crippen LogP contribution in [0.5, 0.6) is 0 Å². The minimum Gasteiger partial charge on any atom is -0.394 e. The van der Waals surface area contributed by atoms with Gasteiger partial charge in [0.2, 0.25) is 5.95 Å². The predicted octanol–water partition coefficient (Wildman–Crippen LogP) is 2.37. The largest absolute Gasteiger partial charge is 0.394 e. The van der Waals surface area contributed by atoms with Crippen LogP contribution in [0.15, 0.2) is 36.5 Å². The van der Waals surface area contributed by atoms with Crippen LogP contribution in [-0.4, -0.2) is 28.2 Å². The van der Waals surface area contributed by atoms with Crippen molar-refractivity contribution in [3.63, 3.8) is 0 Å². The standard InChI is InChI=1S/C15H19FN4O/c1-3-17-14-18-9-12(16)13(19-14)20-15(2,10-21)11-7-5-4-6-8-11/h4-9,21H,3,10H2,1-2H3,(H2,17,18,19,20). The van der Waals surface area contributed by atoms with Crippen LogP contribution in [0, 0.1) is 5.82 Å². The van der Waals surface area contributed by atoms with E-state index in [1.54, 1.807) is 6.92 Å². The second-order valence-corrected chi connectivity index (χ2v) is 4.90. The maximum atomic E-state index is 13.9. The van der Waals surface area contributed by atoms with Gasteiger partial charge in [-0.25, -0.2) is 9.37 Å². The average Bonchev–Trinajstić information content (AvgIpc) is 2.51. The lowest BCUT2D eigenvalue weighted by atomic mass is 9.93. The highest BCUT2D eigenvalue weighted by Crippen LogP contribution is 2.26. The number of nitrogens with one attached hydrogen (secondary N) is 2. The van der Waals surface area contributed by atoms with Crippen molar-refractivity contribution in [2.45, 2.75) is 19.4 Å². The van der Waals surface area contributed by atoms with E-state index in [2.05, 4.69) is 20.6 Å². The summed E-state index contributed by atoms with van der Waals surface area (Å²) in [5.74, 6) is -0.164. The lowest BCUT2D eigenvalue weighted by molar-refractivity contribution is 0.223. The van der Waals surface area contributed by atoms with E-state index in [1.165, 1.54) is 0 Å². The summed E-state index contributed by atoms with van der Waals surface area (Å²) >= 11 is 0. The molecule has 2 rings (SSSR count). The molecule has 0 aliphatic carbocycles. The molecule has 0 saturated heterocycles. The van der Waals surface area contributed by atoms with Gasteiger partial charge in [0.1, 0.15) is 0 Å². The molecule has 1 aromatic heterocycles. The fraction of sp³-hybridized carbons (Fsp3) is 0.333. The Morgan fingerprint density at radius 3 is 2.62 bits per heavy atom. The number of nitrogens with zero attached hydrogens (tertiary/aromatic N) is 2. The summed E-state index contributed by atoms with van der Waals surface area (Å²) in [6.45, 7) is 4.14. The minimum atomic E-state index is -0.833. The van der Waals surface area contributed by atoms with Crippen molar-refractivity contribution in [3.8, 4) is 0 Å². The van der Waals surface area contributed by atoms with Gasteiger partial charge in [0.05, 0.1) is 18.3 Å². The van der Waals surface area contributed by atoms with Crippen molar-refractivity contribution in [2.24, 2.45) is 0 Å². The first kappa shape index (κ1) is 15.2. The topological polar surface area (TPSA) is 70.1 Å². The van der Waals surface area contributed by atoms with E-state index in [-0.39, 0.29) is 12.4 Å². The fourth-order valence-corrected chi connectivity index (χ4v) is 1.97. The molecule has 2 aromatic rings. The molecule has 3 N–H and O–H groups in total. The number of aliphatic hydroxyl groups is 1. The molecule has 112 valence electrons. The zero-order valence-electron chi connectivity index (χ0n) is 12.1. The number of aliphatic hydroxyl groups excluding tert-OH is 1. The van der Waals surface area contributed by atoms with Crippen LogP contribution in [0.1, 0.15) is 19.4 Å². The number of anilines is 2. The molecule has 0 spiro atoms. The Bertz CT molecular complexity index is 593. The number of aromatic nitrogens is 2. The van der Waals surface area contributed by atoms with E-state index in [4.69, 9.17) is 0 Å². The van der Waals surface area contributed by atoms with E-state index in [9.17, 15) is 9.50 Å². The monoisotopic (exact) mass is 290 g/mol. The van der Waals surface area contributed by atoms with Crippen molar-refractivity contribution in [1.82, 2.24) is 9.97 Å². The summed E-state index contributed by atoms with van der Waals surface area (Å²) in [6, 6.07) is 9.35. The summed E-state index contributed by atoms with van der Waals surface area (Å²) in [5.41, 5.74) is 0.00967. The molecule has 1 atom stereocenters. The second-order valence-electron chi connectivity index (χ2n) is 4.90. The number of rotatable bonds is 6. The normalized spacial score (nSPS) is 13.5. The van der Waals surface area contributed by atoms with Crippen LogP contribution >= 0.6 is 0 Å². The van der Waals surface area contributed by atoms with Crippen molar-refractivity contribution in [2.75, 3.05) is 23.8 Å². The molecule has 0 saturated carbocycles. The first-order chi connectivity index (χ1) is 10.1. The van der Waals surface area contributed by atoms with Gasteiger partial charge in [-0.05, 0) is 19.4 Å². The molecule has 0 aliphatic rings. The van der Waals surface area contributed by atoms with E-state index >= 15 is 0 Å². The van der Waals surface area contributed by atoms with Crippen LogP contribution in [0.25, 0.3) is 0 Å². The Kier molecular flexibility index (Phi) is 4.70. The van der Waals surface area contributed by atoms with Gasteiger partial charge >= 0.3 is 0 Å². The molecule has 0 bridgehead atoms. The molecular weight excluding hydrogens is 271 g/mol. The van der Waals surface area contributed by atoms with Gasteiger partial charge in [0.25, 0.3) is 0 Å². The summed E-state index contributed by atoms with van der Waals surface area (Å²) in [5, 5.41) is 15.6. The first-order valence-corrected chi connectivity index (χ1v) is 6.80. The highest BCUT2D eigenvalue weighted by Gasteiger charge is 2.27. The highest BCUT2D eigenvalue weighted by atomic mass is 19.1. The van der Waals surface area contributed by atoms with Gasteiger partial charge in [-0.15, -0.1) is 0 Å². The molecule has 0 amide bonds. The molecule has 0 aliphatic heterocycles. The van der Waals surface area contributed by atoms with E-state index in [0.29, 0.717) is 12.5 Å². The Morgan fingerprint density at radius 1 is 1.29 bits per heavy atom. The van der Waals surface area contributed by atoms with Gasteiger partial charge < -0.3 is 15.7 Å². The van der Waals surface area contributed by atoms with Crippen LogP contribution in [0.2, 0.25) is 0 Å². The third-order valence-corrected chi connectivity index (χ3v) is 3.20. The summed E-state index contributed by atoms with van der Waals surface area (Å²) in [7, 11) is 0. The van der Waals surface area contributed by atoms with Crippen molar-refractivity contribution in [3.05, 3.63) is 47.9 Å². The zero-order valence-corrected chi connectivity index (χ0v) is 12.1. The Labute approximate surface area is 123 Å². The van der Waals surface area contributed by atoms with Crippen molar-refractivity contribution < 1.29 is 9.50 Å². The van der Waals surface area contributed by atoms with Gasteiger partial charge in [-0.1, -0.05) is 30.3 Å². The third kappa shape index (κ3) is 3.46. The van der Waals surface area contributed by atoms with Gasteiger partial charge in [-0.3, -0.25) is 0 Å². The van der Waals surface area contributed by atoms with Crippen molar-refractivity contribution >= 4 is 11.8 Å². The number of hydrogen-bond donors (Lipinski definition) is 3. The lowest BCUT2D eigenvalue weighted by Gasteiger charge is -2.30. The highest BCUT2D eigenvalue weighted by molar-refractivity contribution is 5.45. The number of benzene rings is 1. The fourth-order valence-electron chi connectivity index (χ4n) is 1.97. The molecule has 5 nitrogen and oxygen atoms in total. The molecule has 6 heteroatoms.